The minimum atomic E-state index is -0.408. The Morgan fingerprint density at radius 1 is 0.974 bits per heavy atom. The van der Waals surface area contributed by atoms with E-state index in [1.807, 2.05) is 56.3 Å². The summed E-state index contributed by atoms with van der Waals surface area (Å²) in [4.78, 5) is 33.6. The number of nitrogens with zero attached hydrogens (tertiary/aromatic N) is 3. The van der Waals surface area contributed by atoms with Gasteiger partial charge in [-0.05, 0) is 47.7 Å². The number of hydrazine groups is 2. The van der Waals surface area contributed by atoms with Gasteiger partial charge in [0.15, 0.2) is 0 Å². The lowest BCUT2D eigenvalue weighted by Gasteiger charge is -2.24. The zero-order valence-corrected chi connectivity index (χ0v) is 21.6. The van der Waals surface area contributed by atoms with E-state index in [4.69, 9.17) is 16.1 Å². The summed E-state index contributed by atoms with van der Waals surface area (Å²) < 4.78 is 5.65. The van der Waals surface area contributed by atoms with E-state index in [2.05, 4.69) is 26.0 Å². The Morgan fingerprint density at radius 3 is 2.34 bits per heavy atom. The van der Waals surface area contributed by atoms with E-state index >= 15 is 0 Å². The number of carbonyl (C=O) groups is 2. The van der Waals surface area contributed by atoms with Gasteiger partial charge in [0.05, 0.1) is 0 Å². The number of nitrogens with one attached hydrogen (secondary N) is 3. The Balaban J connectivity index is 1.38. The molecule has 0 aliphatic heterocycles. The minimum absolute atomic E-state index is 0.101. The predicted octanol–water partition coefficient (Wildman–Crippen LogP) is 2.22. The average Bonchev–Trinajstić information content (AvgIpc) is 3.30. The van der Waals surface area contributed by atoms with E-state index in [0.717, 1.165) is 45.4 Å². The van der Waals surface area contributed by atoms with Crippen molar-refractivity contribution in [2.75, 3.05) is 7.05 Å². The highest BCUT2D eigenvalue weighted by molar-refractivity contribution is 5.97. The second kappa shape index (κ2) is 11.9. The van der Waals surface area contributed by atoms with Crippen molar-refractivity contribution >= 4 is 22.8 Å². The predicted molar refractivity (Wildman–Crippen MR) is 143 cm³/mol. The van der Waals surface area contributed by atoms with Crippen LogP contribution >= 0.6 is 0 Å². The van der Waals surface area contributed by atoms with Crippen molar-refractivity contribution in [1.29, 1.82) is 0 Å². The van der Waals surface area contributed by atoms with Crippen LogP contribution < -0.4 is 27.7 Å². The third-order valence-electron chi connectivity index (χ3n) is 6.22. The molecule has 0 saturated heterocycles. The molecule has 4 rings (SSSR count). The van der Waals surface area contributed by atoms with Crippen LogP contribution in [0.3, 0.4) is 0 Å². The fraction of sp³-hybridized carbons (Fsp3) is 0.259. The smallest absolute Gasteiger partial charge is 0.270 e. The Morgan fingerprint density at radius 2 is 1.68 bits per heavy atom. The molecule has 0 fully saturated rings. The highest BCUT2D eigenvalue weighted by Gasteiger charge is 2.16. The number of aromatic nitrogens is 2. The number of carbonyl (C=O) groups excluding carboxylic acids is 2. The second-order valence-electron chi connectivity index (χ2n) is 9.00. The number of furan rings is 1. The fourth-order valence-electron chi connectivity index (χ4n) is 4.23. The molecule has 11 heteroatoms. The summed E-state index contributed by atoms with van der Waals surface area (Å²) >= 11 is 0. The standard InChI is InChI=1S/C27H32N8O3/c1-4-18-11-20(25(34-28)35(3)29)7-8-21(18)14-31-27(37)23-12-22(32-15-33-23)26(36)30-13-17-5-6-19-9-16(2)38-24(19)10-17/h5-12,15,25,34H,4,13-14,28-29H2,1-3H3,(H,30,36)(H,31,37). The van der Waals surface area contributed by atoms with Crippen molar-refractivity contribution < 1.29 is 14.0 Å². The van der Waals surface area contributed by atoms with Gasteiger partial charge in [0.1, 0.15) is 35.2 Å². The van der Waals surface area contributed by atoms with Crippen LogP contribution in [-0.2, 0) is 19.5 Å². The molecule has 0 bridgehead atoms. The molecule has 0 aliphatic rings. The molecule has 11 nitrogen and oxygen atoms in total. The van der Waals surface area contributed by atoms with E-state index in [9.17, 15) is 9.59 Å². The highest BCUT2D eigenvalue weighted by Crippen LogP contribution is 2.21. The first-order valence-electron chi connectivity index (χ1n) is 12.2. The molecule has 7 N–H and O–H groups in total. The molecular weight excluding hydrogens is 484 g/mol. The molecule has 2 aromatic carbocycles. The largest absolute Gasteiger partial charge is 0.461 e. The zero-order valence-electron chi connectivity index (χ0n) is 21.6. The number of hydrogen-bond donors (Lipinski definition) is 5. The van der Waals surface area contributed by atoms with Crippen LogP contribution in [-0.4, -0.2) is 33.8 Å². The summed E-state index contributed by atoms with van der Waals surface area (Å²) in [5.74, 6) is 11.5. The van der Waals surface area contributed by atoms with Gasteiger partial charge >= 0.3 is 0 Å². The van der Waals surface area contributed by atoms with Gasteiger partial charge in [-0.25, -0.2) is 20.4 Å². The van der Waals surface area contributed by atoms with Gasteiger partial charge in [-0.3, -0.25) is 21.3 Å². The average molecular weight is 517 g/mol. The lowest BCUT2D eigenvalue weighted by Crippen LogP contribution is -2.43. The molecule has 0 aliphatic carbocycles. The van der Waals surface area contributed by atoms with Crippen LogP contribution in [0.1, 0.15) is 62.1 Å². The molecule has 1 atom stereocenters. The number of fused-ring (bicyclic) bond motifs is 1. The third-order valence-corrected chi connectivity index (χ3v) is 6.22. The minimum Gasteiger partial charge on any atom is -0.461 e. The number of rotatable bonds is 10. The lowest BCUT2D eigenvalue weighted by atomic mass is 10.00. The van der Waals surface area contributed by atoms with Gasteiger partial charge in [0.25, 0.3) is 11.8 Å². The summed E-state index contributed by atoms with van der Waals surface area (Å²) in [6.07, 6.45) is 1.62. The summed E-state index contributed by atoms with van der Waals surface area (Å²) in [5.41, 5.74) is 7.45. The fourth-order valence-corrected chi connectivity index (χ4v) is 4.23. The maximum Gasteiger partial charge on any atom is 0.270 e. The summed E-state index contributed by atoms with van der Waals surface area (Å²) in [6, 6.07) is 14.9. The Labute approximate surface area is 220 Å². The summed E-state index contributed by atoms with van der Waals surface area (Å²) in [7, 11) is 1.72. The zero-order chi connectivity index (χ0) is 27.2. The molecule has 0 radical (unpaired) electrons. The van der Waals surface area contributed by atoms with Crippen LogP contribution in [0, 0.1) is 6.92 Å². The molecule has 198 valence electrons. The van der Waals surface area contributed by atoms with Crippen molar-refractivity contribution in [2.24, 2.45) is 11.7 Å². The summed E-state index contributed by atoms with van der Waals surface area (Å²) in [5, 5.41) is 8.18. The highest BCUT2D eigenvalue weighted by atomic mass is 16.3. The molecule has 0 saturated carbocycles. The Kier molecular flexibility index (Phi) is 8.44. The van der Waals surface area contributed by atoms with Crippen LogP contribution in [0.4, 0.5) is 0 Å². The van der Waals surface area contributed by atoms with Crippen molar-refractivity contribution in [2.45, 2.75) is 39.5 Å². The number of amides is 2. The molecule has 4 aromatic rings. The van der Waals surface area contributed by atoms with Crippen molar-refractivity contribution in [3.8, 4) is 0 Å². The second-order valence-corrected chi connectivity index (χ2v) is 9.00. The number of benzene rings is 2. The SMILES string of the molecule is CCc1cc(C(NN)N(C)N)ccc1CNC(=O)c1cc(C(=O)NCc2ccc3cc(C)oc3c2)ncn1. The molecule has 2 amide bonds. The van der Waals surface area contributed by atoms with Crippen molar-refractivity contribution in [1.82, 2.24) is 31.0 Å². The van der Waals surface area contributed by atoms with Crippen LogP contribution in [0.2, 0.25) is 0 Å². The quantitative estimate of drug-likeness (QED) is 0.121. The Hall–Kier alpha value is -4.16. The molecule has 2 heterocycles. The first-order valence-corrected chi connectivity index (χ1v) is 12.2. The molecule has 0 spiro atoms. The normalized spacial score (nSPS) is 12.1. The maximum atomic E-state index is 12.8. The number of aryl methyl sites for hydroxylation is 2. The van der Waals surface area contributed by atoms with E-state index in [1.54, 1.807) is 7.05 Å². The maximum absolute atomic E-state index is 12.8. The van der Waals surface area contributed by atoms with Crippen molar-refractivity contribution in [3.05, 3.63) is 94.3 Å². The van der Waals surface area contributed by atoms with Gasteiger partial charge in [-0.15, -0.1) is 0 Å². The summed E-state index contributed by atoms with van der Waals surface area (Å²) in [6.45, 7) is 4.50. The van der Waals surface area contributed by atoms with E-state index < -0.39 is 11.8 Å². The van der Waals surface area contributed by atoms with Gasteiger partial charge in [-0.1, -0.05) is 37.3 Å². The molecule has 2 aromatic heterocycles. The third kappa shape index (κ3) is 6.21. The first kappa shape index (κ1) is 26.9. The van der Waals surface area contributed by atoms with E-state index in [-0.39, 0.29) is 24.1 Å². The molecule has 1 unspecified atom stereocenters. The van der Waals surface area contributed by atoms with E-state index in [0.29, 0.717) is 6.54 Å². The lowest BCUT2D eigenvalue weighted by molar-refractivity contribution is 0.0944. The van der Waals surface area contributed by atoms with Crippen LogP contribution in [0.25, 0.3) is 11.0 Å². The number of hydrogen-bond acceptors (Lipinski definition) is 9. The van der Waals surface area contributed by atoms with Crippen LogP contribution in [0.15, 0.2) is 59.3 Å². The van der Waals surface area contributed by atoms with E-state index in [1.165, 1.54) is 17.4 Å². The monoisotopic (exact) mass is 516 g/mol. The molecule has 38 heavy (non-hydrogen) atoms. The first-order chi connectivity index (χ1) is 18.3. The van der Waals surface area contributed by atoms with Gasteiger partial charge in [0, 0.05) is 31.6 Å². The van der Waals surface area contributed by atoms with Gasteiger partial charge in [-0.2, -0.15) is 0 Å². The Bertz CT molecular complexity index is 1450. The number of nitrogens with two attached hydrogens (primary N) is 2. The van der Waals surface area contributed by atoms with Crippen molar-refractivity contribution in [3.63, 3.8) is 0 Å². The topological polar surface area (TPSA) is 164 Å². The van der Waals surface area contributed by atoms with Gasteiger partial charge in [0.2, 0.25) is 0 Å². The molecular formula is C27H32N8O3. The van der Waals surface area contributed by atoms with Crippen LogP contribution in [0.5, 0.6) is 0 Å². The van der Waals surface area contributed by atoms with Gasteiger partial charge < -0.3 is 15.1 Å².